The Hall–Kier alpha value is -2.54. The lowest BCUT2D eigenvalue weighted by Gasteiger charge is -2.22. The van der Waals surface area contributed by atoms with Crippen molar-refractivity contribution in [2.45, 2.75) is 13.0 Å². The molecular formula is C19H27ClN6O. The topological polar surface area (TPSA) is 65.8 Å². The number of carbonyl (C=O) groups excluding carboxylic acids is 1. The monoisotopic (exact) mass is 390 g/mol. The van der Waals surface area contributed by atoms with Crippen LogP contribution in [-0.2, 0) is 24.8 Å². The first-order valence-electron chi connectivity index (χ1n) is 8.78. The average Bonchev–Trinajstić information content (AvgIpc) is 2.96. The van der Waals surface area contributed by atoms with Crippen molar-refractivity contribution in [3.05, 3.63) is 53.1 Å². The van der Waals surface area contributed by atoms with Gasteiger partial charge in [-0.15, -0.1) is 0 Å². The van der Waals surface area contributed by atoms with Crippen molar-refractivity contribution >= 4 is 23.5 Å². The Bertz CT molecular complexity index is 772. The Labute approximate surface area is 165 Å². The molecule has 0 bridgehead atoms. The van der Waals surface area contributed by atoms with Gasteiger partial charge in [0.05, 0.1) is 12.7 Å². The molecule has 1 N–H and O–H groups in total. The van der Waals surface area contributed by atoms with Crippen LogP contribution >= 0.6 is 11.6 Å². The molecule has 1 heterocycles. The average molecular weight is 391 g/mol. The molecule has 1 aromatic carbocycles. The minimum absolute atomic E-state index is 0.0502. The van der Waals surface area contributed by atoms with Crippen LogP contribution in [0.4, 0.5) is 0 Å². The van der Waals surface area contributed by atoms with Gasteiger partial charge in [0.2, 0.25) is 5.91 Å². The SMILES string of the molecule is CN(C)C(=O)CN=C(NCCc1ccccc1)N(C)Cc1ncc(Cl)n1C. The van der Waals surface area contributed by atoms with E-state index in [4.69, 9.17) is 11.6 Å². The number of aromatic nitrogens is 2. The number of hydrogen-bond acceptors (Lipinski definition) is 3. The van der Waals surface area contributed by atoms with Crippen LogP contribution in [0.15, 0.2) is 41.5 Å². The van der Waals surface area contributed by atoms with Gasteiger partial charge in [-0.25, -0.2) is 9.98 Å². The van der Waals surface area contributed by atoms with Gasteiger partial charge in [0, 0.05) is 34.7 Å². The second kappa shape index (κ2) is 9.97. The van der Waals surface area contributed by atoms with Crippen LogP contribution in [0.5, 0.6) is 0 Å². The number of nitrogens with zero attached hydrogens (tertiary/aromatic N) is 5. The third-order valence-electron chi connectivity index (χ3n) is 4.17. The van der Waals surface area contributed by atoms with Crippen molar-refractivity contribution in [3.63, 3.8) is 0 Å². The summed E-state index contributed by atoms with van der Waals surface area (Å²) in [5, 5.41) is 3.92. The van der Waals surface area contributed by atoms with Crippen molar-refractivity contribution in [1.82, 2.24) is 24.7 Å². The number of aliphatic imine (C=N–C) groups is 1. The number of rotatable bonds is 7. The molecule has 2 aromatic rings. The number of guanidine groups is 1. The zero-order valence-electron chi connectivity index (χ0n) is 16.3. The second-order valence-corrected chi connectivity index (χ2v) is 6.89. The number of carbonyl (C=O) groups is 1. The number of halogens is 1. The first kappa shape index (κ1) is 20.8. The first-order chi connectivity index (χ1) is 12.9. The van der Waals surface area contributed by atoms with Crippen LogP contribution in [0.1, 0.15) is 11.4 Å². The van der Waals surface area contributed by atoms with E-state index in [0.717, 1.165) is 12.2 Å². The van der Waals surface area contributed by atoms with Crippen LogP contribution in [0.2, 0.25) is 5.15 Å². The van der Waals surface area contributed by atoms with Crippen LogP contribution < -0.4 is 5.32 Å². The van der Waals surface area contributed by atoms with Crippen LogP contribution in [0.3, 0.4) is 0 Å². The Morgan fingerprint density at radius 3 is 2.56 bits per heavy atom. The number of likely N-dealkylation sites (N-methyl/N-ethyl adjacent to an activating group) is 1. The van der Waals surface area contributed by atoms with E-state index >= 15 is 0 Å². The molecule has 1 amide bonds. The van der Waals surface area contributed by atoms with Crippen molar-refractivity contribution < 1.29 is 4.79 Å². The quantitative estimate of drug-likeness (QED) is 0.578. The van der Waals surface area contributed by atoms with E-state index in [9.17, 15) is 4.79 Å². The van der Waals surface area contributed by atoms with E-state index in [2.05, 4.69) is 27.4 Å². The lowest BCUT2D eigenvalue weighted by Crippen LogP contribution is -2.41. The fraction of sp³-hybridized carbons (Fsp3) is 0.421. The van der Waals surface area contributed by atoms with E-state index in [1.54, 1.807) is 20.3 Å². The van der Waals surface area contributed by atoms with Gasteiger partial charge in [-0.2, -0.15) is 0 Å². The molecule has 0 saturated heterocycles. The van der Waals surface area contributed by atoms with Crippen LogP contribution in [0, 0.1) is 0 Å². The molecule has 0 unspecified atom stereocenters. The maximum absolute atomic E-state index is 11.9. The Balaban J connectivity index is 2.04. The maximum atomic E-state index is 11.9. The van der Waals surface area contributed by atoms with Gasteiger partial charge in [-0.1, -0.05) is 41.9 Å². The molecule has 0 fully saturated rings. The van der Waals surface area contributed by atoms with Crippen molar-refractivity contribution in [2.75, 3.05) is 34.2 Å². The zero-order valence-corrected chi connectivity index (χ0v) is 17.1. The fourth-order valence-electron chi connectivity index (χ4n) is 2.42. The lowest BCUT2D eigenvalue weighted by molar-refractivity contribution is -0.127. The molecule has 0 aliphatic rings. The smallest absolute Gasteiger partial charge is 0.243 e. The van der Waals surface area contributed by atoms with E-state index in [-0.39, 0.29) is 12.5 Å². The Morgan fingerprint density at radius 2 is 1.96 bits per heavy atom. The maximum Gasteiger partial charge on any atom is 0.243 e. The third kappa shape index (κ3) is 6.29. The highest BCUT2D eigenvalue weighted by atomic mass is 35.5. The molecule has 1 aromatic heterocycles. The summed E-state index contributed by atoms with van der Waals surface area (Å²) in [4.78, 5) is 24.2. The van der Waals surface area contributed by atoms with Gasteiger partial charge < -0.3 is 19.7 Å². The summed E-state index contributed by atoms with van der Waals surface area (Å²) in [5.74, 6) is 1.42. The molecule has 27 heavy (non-hydrogen) atoms. The molecule has 2 rings (SSSR count). The molecule has 0 saturated carbocycles. The van der Waals surface area contributed by atoms with Gasteiger partial charge in [0.25, 0.3) is 0 Å². The molecule has 0 spiro atoms. The number of nitrogens with one attached hydrogen (secondary N) is 1. The molecule has 8 heteroatoms. The van der Waals surface area contributed by atoms with Crippen molar-refractivity contribution in [1.29, 1.82) is 0 Å². The third-order valence-corrected chi connectivity index (χ3v) is 4.52. The largest absolute Gasteiger partial charge is 0.356 e. The molecule has 146 valence electrons. The van der Waals surface area contributed by atoms with Gasteiger partial charge in [0.15, 0.2) is 5.96 Å². The fourth-order valence-corrected chi connectivity index (χ4v) is 2.56. The minimum atomic E-state index is -0.0502. The lowest BCUT2D eigenvalue weighted by atomic mass is 10.1. The summed E-state index contributed by atoms with van der Waals surface area (Å²) in [7, 11) is 7.23. The van der Waals surface area contributed by atoms with Crippen LogP contribution in [0.25, 0.3) is 0 Å². The van der Waals surface area contributed by atoms with E-state index in [0.29, 0.717) is 24.2 Å². The molecular weight excluding hydrogens is 364 g/mol. The molecule has 0 atom stereocenters. The first-order valence-corrected chi connectivity index (χ1v) is 9.16. The normalized spacial score (nSPS) is 11.4. The molecule has 0 radical (unpaired) electrons. The summed E-state index contributed by atoms with van der Waals surface area (Å²) in [6, 6.07) is 10.2. The highest BCUT2D eigenvalue weighted by molar-refractivity contribution is 6.29. The predicted octanol–water partition coefficient (Wildman–Crippen LogP) is 1.78. The number of hydrogen-bond donors (Lipinski definition) is 1. The van der Waals surface area contributed by atoms with E-state index < -0.39 is 0 Å². The summed E-state index contributed by atoms with van der Waals surface area (Å²) >= 11 is 6.07. The molecule has 0 aliphatic carbocycles. The van der Waals surface area contributed by atoms with Crippen LogP contribution in [-0.4, -0.2) is 65.5 Å². The Kier molecular flexibility index (Phi) is 7.67. The van der Waals surface area contributed by atoms with Gasteiger partial charge in [-0.05, 0) is 12.0 Å². The second-order valence-electron chi connectivity index (χ2n) is 6.50. The highest BCUT2D eigenvalue weighted by Gasteiger charge is 2.13. The highest BCUT2D eigenvalue weighted by Crippen LogP contribution is 2.10. The van der Waals surface area contributed by atoms with Crippen molar-refractivity contribution in [2.24, 2.45) is 12.0 Å². The zero-order chi connectivity index (χ0) is 19.8. The van der Waals surface area contributed by atoms with E-state index in [1.807, 2.05) is 41.8 Å². The molecule has 0 aliphatic heterocycles. The number of imidazole rings is 1. The van der Waals surface area contributed by atoms with E-state index in [1.165, 1.54) is 10.5 Å². The van der Waals surface area contributed by atoms with Crippen molar-refractivity contribution in [3.8, 4) is 0 Å². The summed E-state index contributed by atoms with van der Waals surface area (Å²) in [5.41, 5.74) is 1.24. The van der Waals surface area contributed by atoms with Gasteiger partial charge >= 0.3 is 0 Å². The summed E-state index contributed by atoms with van der Waals surface area (Å²) < 4.78 is 1.82. The number of amides is 1. The Morgan fingerprint density at radius 1 is 1.26 bits per heavy atom. The molecule has 7 nitrogen and oxygen atoms in total. The van der Waals surface area contributed by atoms with Gasteiger partial charge in [0.1, 0.15) is 17.5 Å². The summed E-state index contributed by atoms with van der Waals surface area (Å²) in [6.07, 6.45) is 2.49. The standard InChI is InChI=1S/C19H27ClN6O/c1-24(2)18(27)13-23-19(21-11-10-15-8-6-5-7-9-15)25(3)14-17-22-12-16(20)26(17)4/h5-9,12H,10-11,13-14H2,1-4H3,(H,21,23). The summed E-state index contributed by atoms with van der Waals surface area (Å²) in [6.45, 7) is 1.33. The number of benzene rings is 1. The predicted molar refractivity (Wildman–Crippen MR) is 109 cm³/mol. The van der Waals surface area contributed by atoms with Gasteiger partial charge in [-0.3, -0.25) is 4.79 Å². The minimum Gasteiger partial charge on any atom is -0.356 e.